The molecule has 0 saturated carbocycles. The third-order valence-corrected chi connectivity index (χ3v) is 8.09. The third kappa shape index (κ3) is 6.42. The van der Waals surface area contributed by atoms with Gasteiger partial charge >= 0.3 is 7.60 Å². The fourth-order valence-electron chi connectivity index (χ4n) is 3.72. The van der Waals surface area contributed by atoms with E-state index in [1.54, 1.807) is 7.11 Å². The van der Waals surface area contributed by atoms with Crippen molar-refractivity contribution in [3.05, 3.63) is 65.7 Å². The van der Waals surface area contributed by atoms with Gasteiger partial charge in [0.1, 0.15) is 11.0 Å². The second kappa shape index (κ2) is 12.3. The van der Waals surface area contributed by atoms with Crippen LogP contribution in [0, 0.1) is 0 Å². The molecule has 2 aromatic carbocycles. The largest absolute Gasteiger partial charge is 0.497 e. The summed E-state index contributed by atoms with van der Waals surface area (Å²) in [6, 6.07) is 18.2. The Hall–Kier alpha value is -1.65. The molecule has 0 fully saturated rings. The molecule has 0 aliphatic heterocycles. The molecular formula is C24H36NO4P. The van der Waals surface area contributed by atoms with Crippen molar-refractivity contribution >= 4 is 7.60 Å². The van der Waals surface area contributed by atoms with Crippen molar-refractivity contribution in [2.45, 2.75) is 58.3 Å². The molecule has 0 aliphatic rings. The number of methoxy groups -OCH3 is 1. The lowest BCUT2D eigenvalue weighted by atomic mass is 10.0. The highest BCUT2D eigenvalue weighted by Gasteiger charge is 2.49. The summed E-state index contributed by atoms with van der Waals surface area (Å²) in [6.45, 7) is 7.13. The molecule has 6 heteroatoms. The molecule has 30 heavy (non-hydrogen) atoms. The van der Waals surface area contributed by atoms with E-state index in [4.69, 9.17) is 13.8 Å². The van der Waals surface area contributed by atoms with Gasteiger partial charge < -0.3 is 13.8 Å². The van der Waals surface area contributed by atoms with Gasteiger partial charge in [-0.05, 0) is 56.4 Å². The van der Waals surface area contributed by atoms with E-state index in [9.17, 15) is 4.57 Å². The van der Waals surface area contributed by atoms with Gasteiger partial charge in [0.25, 0.3) is 0 Å². The summed E-state index contributed by atoms with van der Waals surface area (Å²) in [5.74, 6) is 0.829. The summed E-state index contributed by atoms with van der Waals surface area (Å²) in [5.41, 5.74) is 2.30. The van der Waals surface area contributed by atoms with Crippen molar-refractivity contribution in [1.82, 2.24) is 5.32 Å². The number of hydrogen-bond donors (Lipinski definition) is 1. The lowest BCUT2D eigenvalue weighted by Gasteiger charge is -2.40. The highest BCUT2D eigenvalue weighted by Crippen LogP contribution is 2.62. The molecule has 1 unspecified atom stereocenters. The van der Waals surface area contributed by atoms with Crippen molar-refractivity contribution in [2.24, 2.45) is 0 Å². The van der Waals surface area contributed by atoms with E-state index in [0.29, 0.717) is 32.6 Å². The zero-order valence-electron chi connectivity index (χ0n) is 18.7. The first-order valence-corrected chi connectivity index (χ1v) is 12.4. The minimum Gasteiger partial charge on any atom is -0.497 e. The molecule has 0 bridgehead atoms. The van der Waals surface area contributed by atoms with Gasteiger partial charge in [0.2, 0.25) is 0 Å². The standard InChI is InChI=1S/C24H36NO4P/c1-5-18-24(30(26,28-6-2)29-7-3,25-20-22-11-9-8-10-12-22)19-17-21-13-15-23(27-4)16-14-21/h8-16,25H,5-7,17-20H2,1-4H3. The van der Waals surface area contributed by atoms with Gasteiger partial charge in [-0.1, -0.05) is 55.8 Å². The number of rotatable bonds is 14. The summed E-state index contributed by atoms with van der Waals surface area (Å²) in [7, 11) is -1.74. The molecule has 2 rings (SSSR count). The molecule has 0 aromatic heterocycles. The van der Waals surface area contributed by atoms with Gasteiger partial charge in [-0.15, -0.1) is 0 Å². The maximum Gasteiger partial charge on any atom is 0.350 e. The van der Waals surface area contributed by atoms with E-state index in [-0.39, 0.29) is 0 Å². The minimum absolute atomic E-state index is 0.346. The van der Waals surface area contributed by atoms with Gasteiger partial charge in [0.15, 0.2) is 0 Å². The topological polar surface area (TPSA) is 56.8 Å². The summed E-state index contributed by atoms with van der Waals surface area (Å²) in [4.78, 5) is 0. The first-order chi connectivity index (χ1) is 14.5. The van der Waals surface area contributed by atoms with Gasteiger partial charge in [0.05, 0.1) is 20.3 Å². The van der Waals surface area contributed by atoms with Crippen LogP contribution in [-0.2, 0) is 26.6 Å². The summed E-state index contributed by atoms with van der Waals surface area (Å²) in [5, 5.41) is 2.86. The quantitative estimate of drug-likeness (QED) is 0.361. The number of nitrogens with one attached hydrogen (secondary N) is 1. The fourth-order valence-corrected chi connectivity index (χ4v) is 6.12. The molecule has 0 saturated heterocycles. The van der Waals surface area contributed by atoms with Crippen molar-refractivity contribution < 1.29 is 18.3 Å². The Labute approximate surface area is 181 Å². The van der Waals surface area contributed by atoms with Gasteiger partial charge in [-0.3, -0.25) is 9.88 Å². The molecule has 2 aromatic rings. The van der Waals surface area contributed by atoms with E-state index in [1.165, 1.54) is 0 Å². The van der Waals surface area contributed by atoms with E-state index in [2.05, 4.69) is 36.5 Å². The fraction of sp³-hybridized carbons (Fsp3) is 0.500. The highest BCUT2D eigenvalue weighted by molar-refractivity contribution is 7.55. The summed E-state index contributed by atoms with van der Waals surface area (Å²) < 4.78 is 31.0. The zero-order valence-corrected chi connectivity index (χ0v) is 19.6. The van der Waals surface area contributed by atoms with E-state index in [0.717, 1.165) is 29.7 Å². The smallest absolute Gasteiger partial charge is 0.350 e. The lowest BCUT2D eigenvalue weighted by Crippen LogP contribution is -2.46. The van der Waals surface area contributed by atoms with E-state index < -0.39 is 12.9 Å². The molecular weight excluding hydrogens is 397 g/mol. The SMILES string of the molecule is CCCC(CCc1ccc(OC)cc1)(NCc1ccccc1)P(=O)(OCC)OCC. The minimum atomic E-state index is -3.40. The van der Waals surface area contributed by atoms with Crippen LogP contribution in [-0.4, -0.2) is 25.6 Å². The molecule has 0 spiro atoms. The van der Waals surface area contributed by atoms with Crippen LogP contribution < -0.4 is 10.1 Å². The van der Waals surface area contributed by atoms with Crippen molar-refractivity contribution in [1.29, 1.82) is 0 Å². The van der Waals surface area contributed by atoms with Crippen LogP contribution >= 0.6 is 7.60 Å². The predicted molar refractivity (Wildman–Crippen MR) is 123 cm³/mol. The van der Waals surface area contributed by atoms with Gasteiger partial charge in [0, 0.05) is 6.54 Å². The molecule has 0 radical (unpaired) electrons. The number of hydrogen-bond acceptors (Lipinski definition) is 5. The van der Waals surface area contributed by atoms with Crippen molar-refractivity contribution in [2.75, 3.05) is 20.3 Å². The molecule has 0 aliphatic carbocycles. The third-order valence-electron chi connectivity index (χ3n) is 5.24. The van der Waals surface area contributed by atoms with E-state index >= 15 is 0 Å². The first kappa shape index (κ1) is 24.6. The Morgan fingerprint density at radius 1 is 0.867 bits per heavy atom. The molecule has 0 heterocycles. The van der Waals surface area contributed by atoms with Crippen molar-refractivity contribution in [3.63, 3.8) is 0 Å². The molecule has 1 atom stereocenters. The second-order valence-corrected chi connectivity index (χ2v) is 9.67. The average Bonchev–Trinajstić information content (AvgIpc) is 2.77. The number of benzene rings is 2. The Kier molecular flexibility index (Phi) is 10.1. The second-order valence-electron chi connectivity index (χ2n) is 7.30. The normalized spacial score (nSPS) is 13.7. The Balaban J connectivity index is 2.33. The predicted octanol–water partition coefficient (Wildman–Crippen LogP) is 6.18. The molecule has 166 valence electrons. The maximum absolute atomic E-state index is 14.0. The van der Waals surface area contributed by atoms with Crippen LogP contribution in [0.5, 0.6) is 5.75 Å². The van der Waals surface area contributed by atoms with Crippen LogP contribution in [0.1, 0.15) is 51.2 Å². The van der Waals surface area contributed by atoms with E-state index in [1.807, 2.05) is 44.2 Å². The van der Waals surface area contributed by atoms with Crippen LogP contribution in [0.3, 0.4) is 0 Å². The maximum atomic E-state index is 14.0. The first-order valence-electron chi connectivity index (χ1n) is 10.8. The van der Waals surface area contributed by atoms with Crippen LogP contribution in [0.2, 0.25) is 0 Å². The Bertz CT molecular complexity index is 772. The van der Waals surface area contributed by atoms with Crippen molar-refractivity contribution in [3.8, 4) is 5.75 Å². The molecule has 5 nitrogen and oxygen atoms in total. The Morgan fingerprint density at radius 2 is 1.50 bits per heavy atom. The number of ether oxygens (including phenoxy) is 1. The molecule has 1 N–H and O–H groups in total. The van der Waals surface area contributed by atoms with Crippen LogP contribution in [0.4, 0.5) is 0 Å². The highest BCUT2D eigenvalue weighted by atomic mass is 31.2. The van der Waals surface area contributed by atoms with Gasteiger partial charge in [-0.2, -0.15) is 0 Å². The lowest BCUT2D eigenvalue weighted by molar-refractivity contribution is 0.176. The molecule has 0 amide bonds. The number of aryl methyl sites for hydroxylation is 1. The summed E-state index contributed by atoms with van der Waals surface area (Å²) in [6.07, 6.45) is 2.98. The monoisotopic (exact) mass is 433 g/mol. The van der Waals surface area contributed by atoms with Gasteiger partial charge in [-0.25, -0.2) is 0 Å². The van der Waals surface area contributed by atoms with Crippen LogP contribution in [0.15, 0.2) is 54.6 Å². The zero-order chi connectivity index (χ0) is 21.9. The average molecular weight is 434 g/mol. The Morgan fingerprint density at radius 3 is 2.03 bits per heavy atom. The summed E-state index contributed by atoms with van der Waals surface area (Å²) >= 11 is 0. The van der Waals surface area contributed by atoms with Crippen LogP contribution in [0.25, 0.3) is 0 Å².